The summed E-state index contributed by atoms with van der Waals surface area (Å²) in [7, 11) is 3.03. The molecule has 2 aromatic rings. The molecular formula is C17H24Cl2O3SiTi. The predicted molar refractivity (Wildman–Crippen MR) is 102 cm³/mol. The van der Waals surface area contributed by atoms with Gasteiger partial charge in [0.1, 0.15) is 0 Å². The molecule has 0 unspecified atom stereocenters. The van der Waals surface area contributed by atoms with Crippen molar-refractivity contribution >= 4 is 32.4 Å². The van der Waals surface area contributed by atoms with Gasteiger partial charge in [0.25, 0.3) is 0 Å². The van der Waals surface area contributed by atoms with Gasteiger partial charge in [0, 0.05) is 0 Å². The van der Waals surface area contributed by atoms with Crippen LogP contribution >= 0.6 is 24.8 Å². The van der Waals surface area contributed by atoms with Crippen molar-refractivity contribution < 1.29 is 24.9 Å². The molecule has 3 rings (SSSR count). The fraction of sp³-hybridized carbons (Fsp3) is 0.294. The van der Waals surface area contributed by atoms with Crippen molar-refractivity contribution in [3.63, 3.8) is 0 Å². The molecule has 0 heterocycles. The van der Waals surface area contributed by atoms with Crippen LogP contribution in [0.4, 0.5) is 0 Å². The predicted octanol–water partition coefficient (Wildman–Crippen LogP) is 3.74. The van der Waals surface area contributed by atoms with E-state index in [4.69, 9.17) is 3.32 Å². The molecule has 3 nitrogen and oxygen atoms in total. The molecule has 7 heteroatoms. The molecule has 1 aliphatic rings. The van der Waals surface area contributed by atoms with Crippen molar-refractivity contribution in [3.05, 3.63) is 59.7 Å². The second-order valence-electron chi connectivity index (χ2n) is 7.24. The first kappa shape index (κ1) is 21.7. The van der Waals surface area contributed by atoms with Crippen LogP contribution in [0, 0.1) is 0 Å². The van der Waals surface area contributed by atoms with Gasteiger partial charge in [-0.1, -0.05) is 0 Å². The Morgan fingerprint density at radius 2 is 1.46 bits per heavy atom. The fourth-order valence-electron chi connectivity index (χ4n) is 3.87. The number of aliphatic hydroxyl groups excluding tert-OH is 1. The van der Waals surface area contributed by atoms with Crippen LogP contribution in [0.3, 0.4) is 0 Å². The summed E-state index contributed by atoms with van der Waals surface area (Å²) >= 11 is -5.17. The quantitative estimate of drug-likeness (QED) is 0.763. The van der Waals surface area contributed by atoms with E-state index in [-0.39, 0.29) is 40.4 Å². The third-order valence-corrected chi connectivity index (χ3v) is 18.5. The van der Waals surface area contributed by atoms with E-state index < -0.39 is 13.1 Å². The van der Waals surface area contributed by atoms with Crippen molar-refractivity contribution in [1.29, 1.82) is 0 Å². The third-order valence-electron chi connectivity index (χ3n) is 5.35. The molecule has 132 valence electrons. The first-order valence-electron chi connectivity index (χ1n) is 7.61. The minimum atomic E-state index is -5.17. The summed E-state index contributed by atoms with van der Waals surface area (Å²) in [5.74, 6) is 0. The Kier molecular flexibility index (Phi) is 5.82. The van der Waals surface area contributed by atoms with E-state index in [1.54, 1.807) is 5.23 Å². The summed E-state index contributed by atoms with van der Waals surface area (Å²) in [6.45, 7) is -0.136. The van der Waals surface area contributed by atoms with Crippen LogP contribution in [0.5, 0.6) is 0 Å². The van der Waals surface area contributed by atoms with E-state index >= 15 is 0 Å². The average Bonchev–Trinajstić information content (AvgIpc) is 2.83. The summed E-state index contributed by atoms with van der Waals surface area (Å²) in [5, 5.41) is 11.4. The van der Waals surface area contributed by atoms with Gasteiger partial charge in [0.2, 0.25) is 0 Å². The first-order valence-corrected chi connectivity index (χ1v) is 16.5. The average molecular weight is 423 g/mol. The van der Waals surface area contributed by atoms with E-state index in [0.717, 1.165) is 22.3 Å². The Morgan fingerprint density at radius 1 is 1.04 bits per heavy atom. The molecule has 0 saturated heterocycles. The zero-order valence-corrected chi connectivity index (χ0v) is 18.5. The molecule has 0 radical (unpaired) electrons. The van der Waals surface area contributed by atoms with Crippen LogP contribution in [-0.4, -0.2) is 26.5 Å². The van der Waals surface area contributed by atoms with Gasteiger partial charge in [-0.2, -0.15) is 0 Å². The van der Waals surface area contributed by atoms with Gasteiger partial charge < -0.3 is 0 Å². The molecule has 0 bridgehead atoms. The van der Waals surface area contributed by atoms with E-state index in [1.807, 2.05) is 36.4 Å². The molecule has 0 spiro atoms. The van der Waals surface area contributed by atoms with Gasteiger partial charge in [0.15, 0.2) is 0 Å². The molecule has 24 heavy (non-hydrogen) atoms. The molecule has 1 N–H and O–H groups in total. The Labute approximate surface area is 155 Å². The number of aliphatic hydroxyl groups is 1. The topological polar surface area (TPSA) is 46.5 Å². The third kappa shape index (κ3) is 3.10. The van der Waals surface area contributed by atoms with Gasteiger partial charge in [-0.25, -0.2) is 0 Å². The molecule has 0 aromatic heterocycles. The van der Waals surface area contributed by atoms with Gasteiger partial charge in [0.05, 0.1) is 0 Å². The van der Waals surface area contributed by atoms with Crippen LogP contribution in [0.1, 0.15) is 15.3 Å². The van der Waals surface area contributed by atoms with Crippen molar-refractivity contribution in [3.8, 4) is 11.1 Å². The molecule has 1 aliphatic carbocycles. The molecule has 0 fully saturated rings. The van der Waals surface area contributed by atoms with Crippen LogP contribution in [0.25, 0.3) is 11.1 Å². The summed E-state index contributed by atoms with van der Waals surface area (Å²) in [5.41, 5.74) is 4.35. The number of halogens is 2. The largest absolute Gasteiger partial charge is 0.147 e. The van der Waals surface area contributed by atoms with Crippen molar-refractivity contribution in [2.45, 2.75) is 14.2 Å². The van der Waals surface area contributed by atoms with Crippen molar-refractivity contribution in [2.75, 3.05) is 13.7 Å². The second-order valence-corrected chi connectivity index (χ2v) is 27.8. The van der Waals surface area contributed by atoms with Gasteiger partial charge in [-0.15, -0.1) is 24.8 Å². The number of hydrogen-bond donors (Lipinski definition) is 1. The van der Waals surface area contributed by atoms with Gasteiger partial charge in [-0.3, -0.25) is 0 Å². The van der Waals surface area contributed by atoms with Crippen LogP contribution in [0.15, 0.2) is 48.5 Å². The fourth-order valence-corrected chi connectivity index (χ4v) is 12.5. The normalized spacial score (nSPS) is 14.5. The summed E-state index contributed by atoms with van der Waals surface area (Å²) in [4.78, 5) is 0. The van der Waals surface area contributed by atoms with E-state index in [9.17, 15) is 8.43 Å². The van der Waals surface area contributed by atoms with Crippen LogP contribution in [-0.2, 0) is 19.8 Å². The summed E-state index contributed by atoms with van der Waals surface area (Å²) in [6.07, 6.45) is 0. The number of hydrogen-bond acceptors (Lipinski definition) is 3. The monoisotopic (exact) mass is 422 g/mol. The minimum Gasteiger partial charge on any atom is -0.147 e. The molecule has 2 aromatic carbocycles. The number of fused-ring (bicyclic) bond motifs is 3. The van der Waals surface area contributed by atoms with E-state index in [0.29, 0.717) is 0 Å². The maximum atomic E-state index is 14.4. The smallest absolute Gasteiger partial charge is 0.147 e. The second kappa shape index (κ2) is 6.44. The van der Waals surface area contributed by atoms with E-state index in [1.165, 1.54) is 14.7 Å². The summed E-state index contributed by atoms with van der Waals surface area (Å²) in [6, 6.07) is 16.2. The molecular weight excluding hydrogens is 399 g/mol. The zero-order valence-electron chi connectivity index (χ0n) is 13.9. The Bertz CT molecular complexity index is 887. The SMILES string of the molecule is C[O][Ti]([CH3])(=[O])(=[SiH2])([CH2]CO)[CH]1c2ccccc2-c2ccccc21.Cl.Cl. The molecule has 0 saturated carbocycles. The molecule has 0 aliphatic heterocycles. The van der Waals surface area contributed by atoms with E-state index in [2.05, 4.69) is 12.1 Å². The summed E-state index contributed by atoms with van der Waals surface area (Å²) < 4.78 is 20.1. The zero-order chi connectivity index (χ0) is 16.1. The van der Waals surface area contributed by atoms with Gasteiger partial charge in [-0.05, 0) is 0 Å². The minimum absolute atomic E-state index is 0. The Morgan fingerprint density at radius 3 is 1.83 bits per heavy atom. The van der Waals surface area contributed by atoms with Crippen molar-refractivity contribution in [1.82, 2.24) is 0 Å². The van der Waals surface area contributed by atoms with Gasteiger partial charge >= 0.3 is 131 Å². The maximum absolute atomic E-state index is 14.4. The van der Waals surface area contributed by atoms with Crippen LogP contribution in [0.2, 0.25) is 9.95 Å². The Hall–Kier alpha value is -0.329. The Balaban J connectivity index is 0.00000144. The standard InChI is InChI=1S/C13H9.C2H5O.CH3O.CH3.2ClH.O.H2Si.Ti/c1-3-7-12-10(5-1)9-11-6-2-4-8-13(11)12;1-2-3;1-2;;;;;;/h1-9H;3H,1-2H2;1H3;1H3;2*1H;;1H2;/q;;-1;;;;;;+1. The van der Waals surface area contributed by atoms with Crippen molar-refractivity contribution in [2.24, 2.45) is 0 Å². The molecule has 0 amide bonds. The first-order chi connectivity index (χ1) is 10.3. The number of rotatable bonds is 4. The number of benzene rings is 2. The molecule has 0 atom stereocenters. The van der Waals surface area contributed by atoms with Crippen LogP contribution < -0.4 is 0 Å². The maximum Gasteiger partial charge on any atom is -0.147 e.